The first-order valence-corrected chi connectivity index (χ1v) is 7.01. The number of hydrogen-bond donors (Lipinski definition) is 1. The number of hydrogen-bond acceptors (Lipinski definition) is 2. The summed E-state index contributed by atoms with van der Waals surface area (Å²) >= 11 is 0. The molecule has 18 heavy (non-hydrogen) atoms. The normalized spacial score (nSPS) is 23.9. The van der Waals surface area contributed by atoms with Crippen LogP contribution in [0.4, 0.5) is 0 Å². The topological polar surface area (TPSA) is 15.3 Å². The number of nitrogens with zero attached hydrogens (tertiary/aromatic N) is 1. The summed E-state index contributed by atoms with van der Waals surface area (Å²) in [4.78, 5) is 2.66. The third-order valence-electron chi connectivity index (χ3n) is 4.22. The highest BCUT2D eigenvalue weighted by atomic mass is 15.2. The second-order valence-corrected chi connectivity index (χ2v) is 6.41. The van der Waals surface area contributed by atoms with Gasteiger partial charge in [0.15, 0.2) is 0 Å². The lowest BCUT2D eigenvalue weighted by Gasteiger charge is -2.45. The lowest BCUT2D eigenvalue weighted by atomic mass is 9.85. The van der Waals surface area contributed by atoms with Crippen molar-refractivity contribution in [1.82, 2.24) is 10.2 Å². The molecule has 1 heterocycles. The van der Waals surface area contributed by atoms with E-state index < -0.39 is 0 Å². The van der Waals surface area contributed by atoms with Crippen molar-refractivity contribution in [3.63, 3.8) is 0 Å². The van der Waals surface area contributed by atoms with Crippen molar-refractivity contribution < 1.29 is 0 Å². The average Bonchev–Trinajstić information content (AvgIpc) is 2.38. The fraction of sp³-hybridized carbons (Fsp3) is 0.625. The van der Waals surface area contributed by atoms with Gasteiger partial charge in [0, 0.05) is 31.7 Å². The van der Waals surface area contributed by atoms with E-state index in [1.54, 1.807) is 0 Å². The van der Waals surface area contributed by atoms with Crippen LogP contribution in [0, 0.1) is 5.41 Å². The molecule has 1 N–H and O–H groups in total. The molecule has 2 heteroatoms. The minimum absolute atomic E-state index is 0.324. The molecule has 1 aromatic rings. The Kier molecular flexibility index (Phi) is 4.08. The van der Waals surface area contributed by atoms with Crippen molar-refractivity contribution in [2.45, 2.75) is 39.8 Å². The highest BCUT2D eigenvalue weighted by molar-refractivity contribution is 5.20. The molecule has 0 spiro atoms. The van der Waals surface area contributed by atoms with E-state index in [2.05, 4.69) is 68.2 Å². The molecule has 0 aromatic heterocycles. The van der Waals surface area contributed by atoms with Crippen LogP contribution < -0.4 is 5.32 Å². The Balaban J connectivity index is 2.22. The van der Waals surface area contributed by atoms with Gasteiger partial charge < -0.3 is 5.32 Å². The third-order valence-corrected chi connectivity index (χ3v) is 4.22. The van der Waals surface area contributed by atoms with Crippen molar-refractivity contribution in [2.75, 3.05) is 19.6 Å². The highest BCUT2D eigenvalue weighted by Gasteiger charge is 2.33. The summed E-state index contributed by atoms with van der Waals surface area (Å²) in [5.41, 5.74) is 1.76. The number of nitrogens with one attached hydrogen (secondary N) is 1. The standard InChI is InChI=1S/C16H26N2/c1-13(16(2,3)4)18-11-10-17-12-15(18)14-8-6-5-7-9-14/h5-9,13,15,17H,10-12H2,1-4H3. The minimum atomic E-state index is 0.324. The van der Waals surface area contributed by atoms with Gasteiger partial charge in [-0.05, 0) is 17.9 Å². The first kappa shape index (κ1) is 13.6. The van der Waals surface area contributed by atoms with E-state index in [0.717, 1.165) is 19.6 Å². The van der Waals surface area contributed by atoms with E-state index in [-0.39, 0.29) is 0 Å². The molecule has 0 radical (unpaired) electrons. The molecule has 0 amide bonds. The van der Waals surface area contributed by atoms with Gasteiger partial charge in [0.2, 0.25) is 0 Å². The molecule has 1 aliphatic heterocycles. The molecule has 100 valence electrons. The molecule has 0 bridgehead atoms. The van der Waals surface area contributed by atoms with Gasteiger partial charge in [0.1, 0.15) is 0 Å². The Labute approximate surface area is 111 Å². The second-order valence-electron chi connectivity index (χ2n) is 6.41. The summed E-state index contributed by atoms with van der Waals surface area (Å²) in [6.45, 7) is 12.7. The van der Waals surface area contributed by atoms with Gasteiger partial charge in [-0.1, -0.05) is 51.1 Å². The van der Waals surface area contributed by atoms with Crippen molar-refractivity contribution in [3.8, 4) is 0 Å². The van der Waals surface area contributed by atoms with E-state index in [0.29, 0.717) is 17.5 Å². The van der Waals surface area contributed by atoms with Gasteiger partial charge in [-0.2, -0.15) is 0 Å². The van der Waals surface area contributed by atoms with E-state index in [1.165, 1.54) is 5.56 Å². The molecule has 1 aromatic carbocycles. The zero-order chi connectivity index (χ0) is 13.2. The van der Waals surface area contributed by atoms with Crippen molar-refractivity contribution >= 4 is 0 Å². The first-order chi connectivity index (χ1) is 8.50. The fourth-order valence-corrected chi connectivity index (χ4v) is 2.67. The number of piperazine rings is 1. The Morgan fingerprint density at radius 1 is 1.22 bits per heavy atom. The van der Waals surface area contributed by atoms with Gasteiger partial charge in [-0.25, -0.2) is 0 Å². The Bertz CT molecular complexity index is 366. The second kappa shape index (κ2) is 5.41. The average molecular weight is 246 g/mol. The van der Waals surface area contributed by atoms with Crippen LogP contribution in [0.1, 0.15) is 39.3 Å². The van der Waals surface area contributed by atoms with Gasteiger partial charge in [-0.3, -0.25) is 4.90 Å². The van der Waals surface area contributed by atoms with Gasteiger partial charge >= 0.3 is 0 Å². The van der Waals surface area contributed by atoms with E-state index in [4.69, 9.17) is 0 Å². The van der Waals surface area contributed by atoms with Crippen LogP contribution in [-0.4, -0.2) is 30.6 Å². The van der Waals surface area contributed by atoms with Crippen LogP contribution in [0.3, 0.4) is 0 Å². The SMILES string of the molecule is CC(N1CCNCC1c1ccccc1)C(C)(C)C. The molecule has 0 aliphatic carbocycles. The molecule has 1 fully saturated rings. The molecule has 2 atom stereocenters. The molecule has 2 rings (SSSR count). The summed E-state index contributed by atoms with van der Waals surface area (Å²) in [6.07, 6.45) is 0. The van der Waals surface area contributed by atoms with Crippen LogP contribution in [0.25, 0.3) is 0 Å². The molecule has 1 saturated heterocycles. The smallest absolute Gasteiger partial charge is 0.0476 e. The quantitative estimate of drug-likeness (QED) is 0.863. The zero-order valence-corrected chi connectivity index (χ0v) is 12.1. The van der Waals surface area contributed by atoms with E-state index in [9.17, 15) is 0 Å². The van der Waals surface area contributed by atoms with Gasteiger partial charge in [0.05, 0.1) is 0 Å². The Morgan fingerprint density at radius 3 is 2.50 bits per heavy atom. The monoisotopic (exact) mass is 246 g/mol. The zero-order valence-electron chi connectivity index (χ0n) is 12.1. The molecular formula is C16H26N2. The highest BCUT2D eigenvalue weighted by Crippen LogP contribution is 2.31. The number of benzene rings is 1. The van der Waals surface area contributed by atoms with Crippen LogP contribution in [0.2, 0.25) is 0 Å². The Hall–Kier alpha value is -0.860. The van der Waals surface area contributed by atoms with Crippen LogP contribution in [0.5, 0.6) is 0 Å². The summed E-state index contributed by atoms with van der Waals surface area (Å²) in [5, 5.41) is 3.53. The summed E-state index contributed by atoms with van der Waals surface area (Å²) < 4.78 is 0. The van der Waals surface area contributed by atoms with Crippen LogP contribution in [0.15, 0.2) is 30.3 Å². The largest absolute Gasteiger partial charge is 0.314 e. The van der Waals surface area contributed by atoms with E-state index in [1.807, 2.05) is 0 Å². The Morgan fingerprint density at radius 2 is 1.89 bits per heavy atom. The maximum Gasteiger partial charge on any atom is 0.0476 e. The summed E-state index contributed by atoms with van der Waals surface area (Å²) in [6, 6.07) is 12.0. The maximum atomic E-state index is 3.53. The molecule has 1 aliphatic rings. The fourth-order valence-electron chi connectivity index (χ4n) is 2.67. The first-order valence-electron chi connectivity index (χ1n) is 7.01. The van der Waals surface area contributed by atoms with Crippen LogP contribution in [-0.2, 0) is 0 Å². The summed E-state index contributed by atoms with van der Waals surface area (Å²) in [5.74, 6) is 0. The molecule has 2 unspecified atom stereocenters. The van der Waals surface area contributed by atoms with Gasteiger partial charge in [-0.15, -0.1) is 0 Å². The molecule has 0 saturated carbocycles. The minimum Gasteiger partial charge on any atom is -0.314 e. The molecule has 2 nitrogen and oxygen atoms in total. The van der Waals surface area contributed by atoms with Crippen molar-refractivity contribution in [2.24, 2.45) is 5.41 Å². The predicted octanol–water partition coefficient (Wildman–Crippen LogP) is 3.07. The van der Waals surface area contributed by atoms with E-state index >= 15 is 0 Å². The van der Waals surface area contributed by atoms with Crippen molar-refractivity contribution in [3.05, 3.63) is 35.9 Å². The number of rotatable bonds is 2. The lowest BCUT2D eigenvalue weighted by Crippen LogP contribution is -2.53. The third kappa shape index (κ3) is 2.93. The lowest BCUT2D eigenvalue weighted by molar-refractivity contribution is 0.0519. The maximum absolute atomic E-state index is 3.53. The predicted molar refractivity (Wildman–Crippen MR) is 77.7 cm³/mol. The van der Waals surface area contributed by atoms with Gasteiger partial charge in [0.25, 0.3) is 0 Å². The molecular weight excluding hydrogens is 220 g/mol. The van der Waals surface area contributed by atoms with Crippen LogP contribution >= 0.6 is 0 Å². The van der Waals surface area contributed by atoms with Crippen molar-refractivity contribution in [1.29, 1.82) is 0 Å². The summed E-state index contributed by atoms with van der Waals surface area (Å²) in [7, 11) is 0.